The molecule has 1 saturated heterocycles. The van der Waals surface area contributed by atoms with Gasteiger partial charge in [0.25, 0.3) is 0 Å². The third kappa shape index (κ3) is 2.90. The number of sulfonamides is 1. The van der Waals surface area contributed by atoms with Crippen LogP contribution in [-0.4, -0.2) is 32.9 Å². The zero-order valence-electron chi connectivity index (χ0n) is 12.7. The minimum atomic E-state index is -3.36. The minimum Gasteiger partial charge on any atom is -0.316 e. The van der Waals surface area contributed by atoms with E-state index in [2.05, 4.69) is 18.3 Å². The van der Waals surface area contributed by atoms with E-state index in [1.165, 1.54) is 0 Å². The van der Waals surface area contributed by atoms with E-state index >= 15 is 0 Å². The van der Waals surface area contributed by atoms with Gasteiger partial charge in [-0.3, -0.25) is 0 Å². The van der Waals surface area contributed by atoms with E-state index in [9.17, 15) is 8.42 Å². The summed E-state index contributed by atoms with van der Waals surface area (Å²) in [5, 5.41) is 3.08. The first-order valence-electron chi connectivity index (χ1n) is 7.11. The van der Waals surface area contributed by atoms with Crippen LogP contribution in [0, 0.1) is 19.8 Å². The first kappa shape index (κ1) is 15.5. The molecule has 20 heavy (non-hydrogen) atoms. The highest BCUT2D eigenvalue weighted by Gasteiger charge is 2.32. The molecular weight excluding hydrogens is 272 g/mol. The largest absolute Gasteiger partial charge is 0.316 e. The van der Waals surface area contributed by atoms with Crippen molar-refractivity contribution in [1.29, 1.82) is 0 Å². The molecule has 0 saturated carbocycles. The average Bonchev–Trinajstić information content (AvgIpc) is 2.81. The molecule has 4 nitrogen and oxygen atoms in total. The van der Waals surface area contributed by atoms with Crippen LogP contribution in [0.25, 0.3) is 0 Å². The van der Waals surface area contributed by atoms with E-state index in [0.29, 0.717) is 30.4 Å². The molecule has 0 spiro atoms. The standard InChI is InChI=1S/C15H24N2O2S/c1-11-5-6-17(10-11)20(18,19)15-8-14(9-16-4)7-12(2)13(15)3/h7-8,11,16H,5-6,9-10H2,1-4H3. The van der Waals surface area contributed by atoms with Gasteiger partial charge in [-0.25, -0.2) is 8.42 Å². The SMILES string of the molecule is CNCc1cc(C)c(C)c(S(=O)(=O)N2CCC(C)C2)c1. The third-order valence-corrected chi connectivity index (χ3v) is 6.06. The lowest BCUT2D eigenvalue weighted by atomic mass is 10.1. The Morgan fingerprint density at radius 1 is 1.35 bits per heavy atom. The molecule has 0 amide bonds. The van der Waals surface area contributed by atoms with Gasteiger partial charge in [0.05, 0.1) is 4.90 Å². The van der Waals surface area contributed by atoms with Crippen molar-refractivity contribution >= 4 is 10.0 Å². The van der Waals surface area contributed by atoms with Gasteiger partial charge >= 0.3 is 0 Å². The van der Waals surface area contributed by atoms with Gasteiger partial charge in [0.15, 0.2) is 0 Å². The summed E-state index contributed by atoms with van der Waals surface area (Å²) < 4.78 is 27.3. The fourth-order valence-electron chi connectivity index (χ4n) is 2.73. The predicted octanol–water partition coefficient (Wildman–Crippen LogP) is 2.05. The Morgan fingerprint density at radius 2 is 2.05 bits per heavy atom. The van der Waals surface area contributed by atoms with Gasteiger partial charge in [-0.1, -0.05) is 13.0 Å². The van der Waals surface area contributed by atoms with Crippen LogP contribution in [0.3, 0.4) is 0 Å². The van der Waals surface area contributed by atoms with E-state index in [-0.39, 0.29) is 0 Å². The number of aryl methyl sites for hydroxylation is 1. The van der Waals surface area contributed by atoms with Gasteiger partial charge in [-0.2, -0.15) is 4.31 Å². The molecule has 1 heterocycles. The lowest BCUT2D eigenvalue weighted by Gasteiger charge is -2.19. The summed E-state index contributed by atoms with van der Waals surface area (Å²) in [6.45, 7) is 7.92. The smallest absolute Gasteiger partial charge is 0.243 e. The van der Waals surface area contributed by atoms with Crippen molar-refractivity contribution in [1.82, 2.24) is 9.62 Å². The molecule has 1 unspecified atom stereocenters. The number of hydrogen-bond donors (Lipinski definition) is 1. The van der Waals surface area contributed by atoms with E-state index in [1.807, 2.05) is 27.0 Å². The van der Waals surface area contributed by atoms with Crippen LogP contribution >= 0.6 is 0 Å². The van der Waals surface area contributed by atoms with Crippen molar-refractivity contribution in [3.8, 4) is 0 Å². The Hall–Kier alpha value is -0.910. The van der Waals surface area contributed by atoms with Crippen LogP contribution in [0.4, 0.5) is 0 Å². The van der Waals surface area contributed by atoms with Crippen molar-refractivity contribution in [2.75, 3.05) is 20.1 Å². The highest BCUT2D eigenvalue weighted by atomic mass is 32.2. The topological polar surface area (TPSA) is 49.4 Å². The van der Waals surface area contributed by atoms with E-state index in [0.717, 1.165) is 23.1 Å². The summed E-state index contributed by atoms with van der Waals surface area (Å²) in [5.74, 6) is 0.451. The highest BCUT2D eigenvalue weighted by Crippen LogP contribution is 2.28. The Bertz CT molecular complexity index is 596. The molecule has 1 fully saturated rings. The van der Waals surface area contributed by atoms with Gasteiger partial charge in [0, 0.05) is 19.6 Å². The van der Waals surface area contributed by atoms with Crippen molar-refractivity contribution in [2.45, 2.75) is 38.6 Å². The fourth-order valence-corrected chi connectivity index (χ4v) is 4.65. The fraction of sp³-hybridized carbons (Fsp3) is 0.600. The Kier molecular flexibility index (Phi) is 4.52. The van der Waals surface area contributed by atoms with Gasteiger partial charge in [0.2, 0.25) is 10.0 Å². The maximum absolute atomic E-state index is 12.8. The number of hydrogen-bond acceptors (Lipinski definition) is 3. The number of nitrogens with zero attached hydrogens (tertiary/aromatic N) is 1. The van der Waals surface area contributed by atoms with Crippen molar-refractivity contribution in [2.24, 2.45) is 5.92 Å². The first-order chi connectivity index (χ1) is 9.36. The number of rotatable bonds is 4. The van der Waals surface area contributed by atoms with Crippen LogP contribution in [0.2, 0.25) is 0 Å². The number of nitrogens with one attached hydrogen (secondary N) is 1. The molecule has 0 aromatic heterocycles. The third-order valence-electron chi connectivity index (χ3n) is 4.06. The zero-order chi connectivity index (χ0) is 14.9. The second-order valence-corrected chi connectivity index (χ2v) is 7.73. The zero-order valence-corrected chi connectivity index (χ0v) is 13.5. The van der Waals surface area contributed by atoms with Crippen LogP contribution in [0.15, 0.2) is 17.0 Å². The molecule has 5 heteroatoms. The molecule has 112 valence electrons. The van der Waals surface area contributed by atoms with Crippen molar-refractivity contribution in [3.63, 3.8) is 0 Å². The number of benzene rings is 1. The maximum atomic E-state index is 12.8. The first-order valence-corrected chi connectivity index (χ1v) is 8.55. The summed E-state index contributed by atoms with van der Waals surface area (Å²) in [7, 11) is -1.49. The Balaban J connectivity index is 2.45. The van der Waals surface area contributed by atoms with Crippen molar-refractivity contribution in [3.05, 3.63) is 28.8 Å². The average molecular weight is 296 g/mol. The molecular formula is C15H24N2O2S. The monoisotopic (exact) mass is 296 g/mol. The van der Waals surface area contributed by atoms with Gasteiger partial charge in [-0.15, -0.1) is 0 Å². The van der Waals surface area contributed by atoms with E-state index in [1.54, 1.807) is 4.31 Å². The van der Waals surface area contributed by atoms with Gasteiger partial charge in [0.1, 0.15) is 0 Å². The van der Waals surface area contributed by atoms with Crippen molar-refractivity contribution < 1.29 is 8.42 Å². The summed E-state index contributed by atoms with van der Waals surface area (Å²) in [6.07, 6.45) is 0.952. The normalized spacial score (nSPS) is 20.5. The molecule has 2 rings (SSSR count). The van der Waals surface area contributed by atoms with E-state index in [4.69, 9.17) is 0 Å². The molecule has 1 aromatic rings. The second kappa shape index (κ2) is 5.84. The van der Waals surface area contributed by atoms with Crippen LogP contribution in [0.5, 0.6) is 0 Å². The summed E-state index contributed by atoms with van der Waals surface area (Å²) in [4.78, 5) is 0.469. The van der Waals surface area contributed by atoms with Crippen LogP contribution < -0.4 is 5.32 Å². The maximum Gasteiger partial charge on any atom is 0.243 e. The molecule has 0 bridgehead atoms. The minimum absolute atomic E-state index is 0.451. The van der Waals surface area contributed by atoms with E-state index < -0.39 is 10.0 Å². The highest BCUT2D eigenvalue weighted by molar-refractivity contribution is 7.89. The summed E-state index contributed by atoms with van der Waals surface area (Å²) >= 11 is 0. The predicted molar refractivity (Wildman–Crippen MR) is 81.2 cm³/mol. The second-order valence-electron chi connectivity index (χ2n) is 5.82. The molecule has 1 aliphatic heterocycles. The van der Waals surface area contributed by atoms with Crippen LogP contribution in [-0.2, 0) is 16.6 Å². The lowest BCUT2D eigenvalue weighted by molar-refractivity contribution is 0.464. The summed E-state index contributed by atoms with van der Waals surface area (Å²) in [6, 6.07) is 3.87. The summed E-state index contributed by atoms with van der Waals surface area (Å²) in [5.41, 5.74) is 2.91. The molecule has 1 aromatic carbocycles. The van der Waals surface area contributed by atoms with Gasteiger partial charge in [-0.05, 0) is 56.0 Å². The molecule has 1 N–H and O–H groups in total. The quantitative estimate of drug-likeness (QED) is 0.925. The molecule has 1 aliphatic rings. The van der Waals surface area contributed by atoms with Gasteiger partial charge < -0.3 is 5.32 Å². The Labute approximate surface area is 122 Å². The molecule has 0 aliphatic carbocycles. The molecule has 1 atom stereocenters. The van der Waals surface area contributed by atoms with Crippen LogP contribution in [0.1, 0.15) is 30.0 Å². The Morgan fingerprint density at radius 3 is 2.60 bits per heavy atom. The lowest BCUT2D eigenvalue weighted by Crippen LogP contribution is -2.29. The molecule has 0 radical (unpaired) electrons.